The second kappa shape index (κ2) is 24.7. The van der Waals surface area contributed by atoms with Crippen molar-refractivity contribution >= 4 is 48.1 Å². The molecule has 17 heteroatoms. The third-order valence-corrected chi connectivity index (χ3v) is 15.7. The molecule has 0 spiro atoms. The van der Waals surface area contributed by atoms with E-state index in [1.165, 1.54) is 72.4 Å². The minimum atomic E-state index is -0.207. The van der Waals surface area contributed by atoms with Gasteiger partial charge in [-0.1, -0.05) is 58.7 Å². The smallest absolute Gasteiger partial charge is 0.292 e. The van der Waals surface area contributed by atoms with E-state index in [2.05, 4.69) is 129 Å². The van der Waals surface area contributed by atoms with Crippen LogP contribution in [0.2, 0.25) is 0 Å². The fourth-order valence-corrected chi connectivity index (χ4v) is 12.7. The molecule has 4 fully saturated rings. The van der Waals surface area contributed by atoms with Crippen LogP contribution in [0.4, 0.5) is 0 Å². The maximum Gasteiger partial charge on any atom is 0.292 e. The van der Waals surface area contributed by atoms with Gasteiger partial charge in [0.05, 0.1) is 56.5 Å². The number of nitrogens with one attached hydrogen (secondary N) is 5. The maximum atomic E-state index is 13.7. The van der Waals surface area contributed by atoms with Crippen LogP contribution in [-0.2, 0) is 28.7 Å². The first-order valence-corrected chi connectivity index (χ1v) is 27.3. The van der Waals surface area contributed by atoms with E-state index >= 15 is 0 Å². The van der Waals surface area contributed by atoms with Crippen LogP contribution in [0.5, 0.6) is 0 Å². The predicted octanol–water partition coefficient (Wildman–Crippen LogP) is 8.50. The highest BCUT2D eigenvalue weighted by atomic mass is 33.1. The zero-order valence-electron chi connectivity index (χ0n) is 43.4. The number of carbonyl (C=O) groups is 4. The number of rotatable bonds is 12. The number of likely N-dealkylation sites (tertiary alicyclic amines) is 2. The lowest BCUT2D eigenvalue weighted by atomic mass is 9.80. The number of likely N-dealkylation sites (N-methyl/N-ethyl adjacent to an activating group) is 2. The Labute approximate surface area is 436 Å². The van der Waals surface area contributed by atoms with E-state index in [1.54, 1.807) is 0 Å². The van der Waals surface area contributed by atoms with E-state index in [0.717, 1.165) is 80.2 Å². The second-order valence-corrected chi connectivity index (χ2v) is 20.7. The number of piperidine rings is 1. The molecule has 2 aromatic heterocycles. The van der Waals surface area contributed by atoms with Crippen molar-refractivity contribution in [3.63, 3.8) is 0 Å². The molecule has 10 rings (SSSR count). The van der Waals surface area contributed by atoms with Crippen molar-refractivity contribution in [3.05, 3.63) is 81.8 Å². The van der Waals surface area contributed by atoms with Crippen molar-refractivity contribution in [1.82, 2.24) is 45.7 Å². The number of benzene rings is 2. The van der Waals surface area contributed by atoms with Gasteiger partial charge < -0.3 is 45.2 Å². The van der Waals surface area contributed by atoms with E-state index in [-0.39, 0.29) is 53.9 Å². The fourth-order valence-electron chi connectivity index (χ4n) is 12.7. The minimum absolute atomic E-state index is 0.0418. The maximum absolute atomic E-state index is 13.7. The molecule has 1 saturated carbocycles. The van der Waals surface area contributed by atoms with Gasteiger partial charge >= 0.3 is 0 Å². The Morgan fingerprint density at radius 3 is 1.72 bits per heavy atom. The van der Waals surface area contributed by atoms with E-state index in [0.29, 0.717) is 36.7 Å². The summed E-state index contributed by atoms with van der Waals surface area (Å²) in [5, 5.41) is 10.6. The van der Waals surface area contributed by atoms with Crippen LogP contribution in [0.15, 0.2) is 36.7 Å². The monoisotopic (exact) mass is 1020 g/mol. The van der Waals surface area contributed by atoms with Crippen LogP contribution in [0.25, 0.3) is 22.4 Å². The molecule has 4 bridgehead atoms. The number of ether oxygens (including phenoxy) is 2. The number of hydrogen-bond donors (Lipinski definition) is 7. The molecule has 5 N–H and O–H groups in total. The van der Waals surface area contributed by atoms with E-state index < -0.39 is 0 Å². The van der Waals surface area contributed by atoms with Gasteiger partial charge in [-0.25, -0.2) is 9.97 Å². The van der Waals surface area contributed by atoms with Gasteiger partial charge in [-0.2, -0.15) is 0 Å². The molecule has 15 nitrogen and oxygen atoms in total. The summed E-state index contributed by atoms with van der Waals surface area (Å²) in [4.78, 5) is 66.2. The van der Waals surface area contributed by atoms with Crippen LogP contribution in [0.1, 0.15) is 174 Å². The fraction of sp³-hybridized carbons (Fsp3) is 0.564. The Hall–Kier alpha value is -5.12. The van der Waals surface area contributed by atoms with Crippen molar-refractivity contribution in [3.8, 4) is 34.2 Å². The molecule has 72 heavy (non-hydrogen) atoms. The topological polar surface area (TPSA) is 187 Å². The van der Waals surface area contributed by atoms with Gasteiger partial charge in [-0.05, 0) is 147 Å². The Bertz CT molecular complexity index is 2600. The molecular weight excluding hydrogens is 947 g/mol. The van der Waals surface area contributed by atoms with Gasteiger partial charge in [-0.3, -0.25) is 19.2 Å². The van der Waals surface area contributed by atoms with E-state index in [4.69, 9.17) is 19.6 Å². The van der Waals surface area contributed by atoms with Crippen LogP contribution < -0.4 is 16.0 Å². The average Bonchev–Trinajstić information content (AvgIpc) is 4.26. The minimum Gasteiger partial charge on any atom is -0.471 e. The summed E-state index contributed by atoms with van der Waals surface area (Å²) < 4.78 is 7.72. The van der Waals surface area contributed by atoms with Gasteiger partial charge in [0, 0.05) is 36.3 Å². The number of carbonyl (C=O) groups excluding carboxylic acids is 4. The standard InChI is InChI=1S/C51H65N9O2.2C2H4O2.H2S2/c1-27(2)46(52-6)50(61)59-20-8-10-40(59)48-54-25-33(56-48)16-14-30-15-17-34(43-32-13-12-31(24-32)42(30)43)35-18-19-36(45-38-23-29(5)22-37(57-38)44(35)45)39-26-55-49(58-39)41-11-9-21-60(41)51(62)47(53-7)28(3)4;2*1-4-2-3;1-2/h15,17-19,25-29,31-32,37-38,40-41,46-47,52-53,57H,8-13,20-24H2,1-7H3,(H,54,56)(H,55,58);2*2H,1H3;1-2H. The Morgan fingerprint density at radius 2 is 1.18 bits per heavy atom. The van der Waals surface area contributed by atoms with Crippen molar-refractivity contribution < 1.29 is 28.7 Å². The number of methoxy groups -OCH3 is 2. The summed E-state index contributed by atoms with van der Waals surface area (Å²) in [6, 6.07) is 9.47. The number of amides is 2. The summed E-state index contributed by atoms with van der Waals surface area (Å²) in [7, 11) is 6.38. The van der Waals surface area contributed by atoms with Crippen molar-refractivity contribution in [1.29, 1.82) is 0 Å². The van der Waals surface area contributed by atoms with Crippen LogP contribution in [-0.4, -0.2) is 108 Å². The largest absolute Gasteiger partial charge is 0.471 e. The first-order valence-electron chi connectivity index (χ1n) is 25.7. The zero-order chi connectivity index (χ0) is 51.8. The first kappa shape index (κ1) is 54.6. The Morgan fingerprint density at radius 1 is 0.694 bits per heavy atom. The van der Waals surface area contributed by atoms with Gasteiger partial charge in [0.25, 0.3) is 12.9 Å². The molecule has 2 aromatic carbocycles. The summed E-state index contributed by atoms with van der Waals surface area (Å²) >= 11 is 6.44. The molecule has 4 aliphatic heterocycles. The molecule has 6 aliphatic rings. The second-order valence-electron chi connectivity index (χ2n) is 20.7. The summed E-state index contributed by atoms with van der Waals surface area (Å²) in [5.41, 5.74) is 12.8. The van der Waals surface area contributed by atoms with Crippen LogP contribution in [0.3, 0.4) is 0 Å². The number of hydrogen-bond acceptors (Lipinski definition) is 13. The number of imidazole rings is 2. The number of H-pyrrole nitrogens is 2. The molecule has 2 aliphatic carbocycles. The summed E-state index contributed by atoms with van der Waals surface area (Å²) in [6.45, 7) is 13.1. The van der Waals surface area contributed by atoms with Crippen molar-refractivity contribution in [2.75, 3.05) is 41.4 Å². The molecule has 9 unspecified atom stereocenters. The third kappa shape index (κ3) is 11.0. The lowest BCUT2D eigenvalue weighted by Gasteiger charge is -2.29. The SMILES string of the molecule is CNC(C(=O)N1CCCC1c1ncc(C#Cc2ccc(-c3ccc(-c4cnc(C5CCCN5C(=O)C(NC)C(C)C)[nH]4)c4c3C3CC(C)CC4N3)c3c2C2CCC3C2)[nH]1)C(C)C.COC=O.COC=O.SS. The molecule has 6 heterocycles. The van der Waals surface area contributed by atoms with Crippen molar-refractivity contribution in [2.24, 2.45) is 17.8 Å². The lowest BCUT2D eigenvalue weighted by Crippen LogP contribution is -2.47. The zero-order valence-corrected chi connectivity index (χ0v) is 45.2. The molecule has 388 valence electrons. The normalized spacial score (nSPS) is 23.8. The summed E-state index contributed by atoms with van der Waals surface area (Å²) in [6.07, 6.45) is 13.5. The van der Waals surface area contributed by atoms with E-state index in [1.807, 2.05) is 36.3 Å². The van der Waals surface area contributed by atoms with Gasteiger partial charge in [0.15, 0.2) is 0 Å². The third-order valence-electron chi connectivity index (χ3n) is 15.7. The molecule has 2 amide bonds. The molecular formula is C55H75N9O6S2. The van der Waals surface area contributed by atoms with Gasteiger partial charge in [-0.15, -0.1) is 23.3 Å². The average molecular weight is 1020 g/mol. The molecule has 9 atom stereocenters. The van der Waals surface area contributed by atoms with Crippen LogP contribution >= 0.6 is 23.3 Å². The first-order chi connectivity index (χ1) is 34.9. The van der Waals surface area contributed by atoms with Gasteiger partial charge in [0.2, 0.25) is 11.8 Å². The highest BCUT2D eigenvalue weighted by Gasteiger charge is 2.44. The van der Waals surface area contributed by atoms with Gasteiger partial charge in [0.1, 0.15) is 17.3 Å². The Kier molecular flexibility index (Phi) is 18.8. The van der Waals surface area contributed by atoms with E-state index in [9.17, 15) is 9.59 Å². The molecule has 3 saturated heterocycles. The predicted molar refractivity (Wildman–Crippen MR) is 287 cm³/mol. The number of fused-ring (bicyclic) bond motifs is 10. The number of aromatic amines is 2. The number of thiol groups is 2. The summed E-state index contributed by atoms with van der Waals surface area (Å²) in [5.74, 6) is 11.3. The lowest BCUT2D eigenvalue weighted by molar-refractivity contribution is -0.136. The Balaban J connectivity index is 0.000000702. The van der Waals surface area contributed by atoms with Crippen LogP contribution in [0, 0.1) is 29.6 Å². The highest BCUT2D eigenvalue weighted by molar-refractivity contribution is 8.59. The quantitative estimate of drug-likeness (QED) is 0.0312. The number of aromatic nitrogens is 4. The molecule has 0 radical (unpaired) electrons. The molecule has 4 aromatic rings. The number of nitrogens with zero attached hydrogens (tertiary/aromatic N) is 4. The van der Waals surface area contributed by atoms with Crippen molar-refractivity contribution in [2.45, 2.75) is 140 Å². The highest BCUT2D eigenvalue weighted by Crippen LogP contribution is 2.59.